The van der Waals surface area contributed by atoms with E-state index in [1.807, 2.05) is 0 Å². The molecule has 0 aromatic heterocycles. The predicted molar refractivity (Wildman–Crippen MR) is 66.5 cm³/mol. The Morgan fingerprint density at radius 3 is 2.22 bits per heavy atom. The van der Waals surface area contributed by atoms with Crippen LogP contribution in [0.25, 0.3) is 0 Å². The van der Waals surface area contributed by atoms with Gasteiger partial charge in [-0.05, 0) is 12.1 Å². The highest BCUT2D eigenvalue weighted by atomic mass is 16.5. The van der Waals surface area contributed by atoms with Gasteiger partial charge in [0.2, 0.25) is 5.91 Å². The first-order valence-corrected chi connectivity index (χ1v) is 5.90. The standard InChI is InChI=1S/C13H16N2O3/c14-13(17)11-3-1-10(2-4-11)12(16)9-15-5-7-18-8-6-15/h1-4H,5-9H2,(H2,14,17). The number of hydrogen-bond donors (Lipinski definition) is 1. The van der Waals surface area contributed by atoms with E-state index in [2.05, 4.69) is 4.90 Å². The minimum absolute atomic E-state index is 0.0490. The molecule has 0 radical (unpaired) electrons. The first kappa shape index (κ1) is 12.7. The molecule has 1 aromatic carbocycles. The number of rotatable bonds is 4. The minimum atomic E-state index is -0.484. The van der Waals surface area contributed by atoms with Crippen molar-refractivity contribution in [2.45, 2.75) is 0 Å². The van der Waals surface area contributed by atoms with E-state index < -0.39 is 5.91 Å². The van der Waals surface area contributed by atoms with Crippen LogP contribution in [0.5, 0.6) is 0 Å². The molecule has 0 aliphatic carbocycles. The zero-order valence-corrected chi connectivity index (χ0v) is 10.1. The van der Waals surface area contributed by atoms with Crippen LogP contribution in [0.1, 0.15) is 20.7 Å². The lowest BCUT2D eigenvalue weighted by Gasteiger charge is -2.25. The fraction of sp³-hybridized carbons (Fsp3) is 0.385. The molecule has 0 saturated carbocycles. The summed E-state index contributed by atoms with van der Waals surface area (Å²) in [6.07, 6.45) is 0. The molecule has 2 rings (SSSR count). The van der Waals surface area contributed by atoms with Gasteiger partial charge >= 0.3 is 0 Å². The summed E-state index contributed by atoms with van der Waals surface area (Å²) in [5.41, 5.74) is 6.16. The molecule has 0 spiro atoms. The Balaban J connectivity index is 1.97. The number of primary amides is 1. The van der Waals surface area contributed by atoms with Crippen LogP contribution in [-0.4, -0.2) is 49.4 Å². The molecule has 0 bridgehead atoms. The van der Waals surface area contributed by atoms with Gasteiger partial charge in [-0.3, -0.25) is 14.5 Å². The summed E-state index contributed by atoms with van der Waals surface area (Å²) >= 11 is 0. The number of Topliss-reactive ketones (excluding diaryl/α,β-unsaturated/α-hetero) is 1. The highest BCUT2D eigenvalue weighted by Gasteiger charge is 2.15. The van der Waals surface area contributed by atoms with Crippen LogP contribution in [0.4, 0.5) is 0 Å². The fourth-order valence-corrected chi connectivity index (χ4v) is 1.87. The molecule has 5 heteroatoms. The second-order valence-electron chi connectivity index (χ2n) is 4.25. The van der Waals surface area contributed by atoms with E-state index in [1.54, 1.807) is 24.3 Å². The number of carbonyl (C=O) groups is 2. The number of ether oxygens (including phenoxy) is 1. The average Bonchev–Trinajstić information content (AvgIpc) is 2.40. The topological polar surface area (TPSA) is 72.6 Å². The average molecular weight is 248 g/mol. The van der Waals surface area contributed by atoms with E-state index in [9.17, 15) is 9.59 Å². The largest absolute Gasteiger partial charge is 0.379 e. The molecule has 1 aliphatic rings. The first-order chi connectivity index (χ1) is 8.66. The van der Waals surface area contributed by atoms with Crippen molar-refractivity contribution in [3.8, 4) is 0 Å². The third kappa shape index (κ3) is 3.15. The van der Waals surface area contributed by atoms with Crippen LogP contribution in [0.15, 0.2) is 24.3 Å². The quantitative estimate of drug-likeness (QED) is 0.778. The summed E-state index contributed by atoms with van der Waals surface area (Å²) in [5.74, 6) is -0.435. The van der Waals surface area contributed by atoms with Crippen molar-refractivity contribution in [3.63, 3.8) is 0 Å². The third-order valence-corrected chi connectivity index (χ3v) is 2.96. The lowest BCUT2D eigenvalue weighted by Crippen LogP contribution is -2.39. The SMILES string of the molecule is NC(=O)c1ccc(C(=O)CN2CCOCC2)cc1. The molecule has 0 atom stereocenters. The number of morpholine rings is 1. The van der Waals surface area contributed by atoms with Crippen molar-refractivity contribution in [1.82, 2.24) is 4.90 Å². The number of nitrogens with zero attached hydrogens (tertiary/aromatic N) is 1. The molecular formula is C13H16N2O3. The molecule has 2 N–H and O–H groups in total. The highest BCUT2D eigenvalue weighted by molar-refractivity contribution is 5.99. The first-order valence-electron chi connectivity index (χ1n) is 5.90. The van der Waals surface area contributed by atoms with Crippen molar-refractivity contribution in [3.05, 3.63) is 35.4 Å². The number of hydrogen-bond acceptors (Lipinski definition) is 4. The highest BCUT2D eigenvalue weighted by Crippen LogP contribution is 2.07. The number of carbonyl (C=O) groups excluding carboxylic acids is 2. The zero-order valence-electron chi connectivity index (χ0n) is 10.1. The smallest absolute Gasteiger partial charge is 0.248 e. The summed E-state index contributed by atoms with van der Waals surface area (Å²) in [4.78, 5) is 25.0. The van der Waals surface area contributed by atoms with Gasteiger partial charge in [-0.2, -0.15) is 0 Å². The Kier molecular flexibility index (Phi) is 4.07. The van der Waals surface area contributed by atoms with E-state index in [0.29, 0.717) is 30.9 Å². The van der Waals surface area contributed by atoms with E-state index in [-0.39, 0.29) is 5.78 Å². The summed E-state index contributed by atoms with van der Waals surface area (Å²) in [6, 6.07) is 6.44. The zero-order chi connectivity index (χ0) is 13.0. The van der Waals surface area contributed by atoms with Crippen LogP contribution in [0, 0.1) is 0 Å². The maximum Gasteiger partial charge on any atom is 0.248 e. The molecule has 1 aliphatic heterocycles. The van der Waals surface area contributed by atoms with Crippen molar-refractivity contribution >= 4 is 11.7 Å². The molecule has 0 unspecified atom stereocenters. The van der Waals surface area contributed by atoms with Crippen LogP contribution >= 0.6 is 0 Å². The number of benzene rings is 1. The minimum Gasteiger partial charge on any atom is -0.379 e. The summed E-state index contributed by atoms with van der Waals surface area (Å²) in [7, 11) is 0. The molecule has 96 valence electrons. The van der Waals surface area contributed by atoms with Gasteiger partial charge in [0.05, 0.1) is 19.8 Å². The normalized spacial score (nSPS) is 16.4. The Morgan fingerprint density at radius 1 is 1.11 bits per heavy atom. The number of nitrogens with two attached hydrogens (primary N) is 1. The summed E-state index contributed by atoms with van der Waals surface area (Å²) in [5, 5.41) is 0. The maximum atomic E-state index is 12.0. The van der Waals surface area contributed by atoms with E-state index in [1.165, 1.54) is 0 Å². The van der Waals surface area contributed by atoms with Gasteiger partial charge in [-0.25, -0.2) is 0 Å². The molecule has 18 heavy (non-hydrogen) atoms. The fourth-order valence-electron chi connectivity index (χ4n) is 1.87. The summed E-state index contributed by atoms with van der Waals surface area (Å²) in [6.45, 7) is 3.30. The third-order valence-electron chi connectivity index (χ3n) is 2.96. The van der Waals surface area contributed by atoms with Crippen LogP contribution in [-0.2, 0) is 4.74 Å². The molecule has 1 fully saturated rings. The van der Waals surface area contributed by atoms with Crippen LogP contribution < -0.4 is 5.73 Å². The Morgan fingerprint density at radius 2 is 1.67 bits per heavy atom. The molecule has 1 amide bonds. The molecule has 5 nitrogen and oxygen atoms in total. The molecule has 1 heterocycles. The molecule has 1 saturated heterocycles. The van der Waals surface area contributed by atoms with Gasteiger partial charge in [-0.1, -0.05) is 12.1 Å². The second-order valence-corrected chi connectivity index (χ2v) is 4.25. The van der Waals surface area contributed by atoms with Gasteiger partial charge in [0, 0.05) is 24.2 Å². The second kappa shape index (κ2) is 5.75. The van der Waals surface area contributed by atoms with Gasteiger partial charge in [0.1, 0.15) is 0 Å². The summed E-state index contributed by atoms with van der Waals surface area (Å²) < 4.78 is 5.22. The van der Waals surface area contributed by atoms with Crippen molar-refractivity contribution in [2.24, 2.45) is 5.73 Å². The van der Waals surface area contributed by atoms with E-state index >= 15 is 0 Å². The number of ketones is 1. The van der Waals surface area contributed by atoms with Crippen molar-refractivity contribution in [1.29, 1.82) is 0 Å². The number of amides is 1. The Hall–Kier alpha value is -1.72. The van der Waals surface area contributed by atoms with E-state index in [4.69, 9.17) is 10.5 Å². The van der Waals surface area contributed by atoms with Gasteiger partial charge in [-0.15, -0.1) is 0 Å². The monoisotopic (exact) mass is 248 g/mol. The van der Waals surface area contributed by atoms with Crippen molar-refractivity contribution in [2.75, 3.05) is 32.8 Å². The maximum absolute atomic E-state index is 12.0. The van der Waals surface area contributed by atoms with Crippen LogP contribution in [0.2, 0.25) is 0 Å². The van der Waals surface area contributed by atoms with Gasteiger partial charge < -0.3 is 10.5 Å². The lowest BCUT2D eigenvalue weighted by molar-refractivity contribution is 0.0371. The predicted octanol–water partition coefficient (Wildman–Crippen LogP) is 0.300. The van der Waals surface area contributed by atoms with Crippen LogP contribution in [0.3, 0.4) is 0 Å². The molecule has 1 aromatic rings. The van der Waals surface area contributed by atoms with E-state index in [0.717, 1.165) is 13.1 Å². The van der Waals surface area contributed by atoms with Gasteiger partial charge in [0.15, 0.2) is 5.78 Å². The van der Waals surface area contributed by atoms with Crippen molar-refractivity contribution < 1.29 is 14.3 Å². The molecular weight excluding hydrogens is 232 g/mol. The van der Waals surface area contributed by atoms with Gasteiger partial charge in [0.25, 0.3) is 0 Å². The Bertz CT molecular complexity index is 436. The Labute approximate surface area is 106 Å². The lowest BCUT2D eigenvalue weighted by atomic mass is 10.1.